The summed E-state index contributed by atoms with van der Waals surface area (Å²) in [6, 6.07) is 10.6. The maximum absolute atomic E-state index is 13.2. The number of ketones is 1. The van der Waals surface area contributed by atoms with E-state index in [4.69, 9.17) is 0 Å². The second-order valence-electron chi connectivity index (χ2n) is 4.96. The molecule has 2 aromatic carbocycles. The Bertz CT molecular complexity index is 836. The van der Waals surface area contributed by atoms with Crippen molar-refractivity contribution < 1.29 is 13.6 Å². The SMILES string of the molecule is Cc1cc(F)ccc1CC(=O)c1cc2cc(F)ccc2s1. The van der Waals surface area contributed by atoms with E-state index in [1.165, 1.54) is 35.6 Å². The van der Waals surface area contributed by atoms with Crippen molar-refractivity contribution in [2.75, 3.05) is 0 Å². The summed E-state index contributed by atoms with van der Waals surface area (Å²) in [5, 5.41) is 0.735. The maximum Gasteiger partial charge on any atom is 0.177 e. The van der Waals surface area contributed by atoms with Crippen LogP contribution in [-0.4, -0.2) is 5.78 Å². The third kappa shape index (κ3) is 2.85. The molecule has 1 aromatic heterocycles. The van der Waals surface area contributed by atoms with Gasteiger partial charge in [-0.05, 0) is 59.8 Å². The van der Waals surface area contributed by atoms with Crippen molar-refractivity contribution in [1.82, 2.24) is 0 Å². The molecule has 0 aliphatic rings. The van der Waals surface area contributed by atoms with Crippen LogP contribution in [0.3, 0.4) is 0 Å². The van der Waals surface area contributed by atoms with Crippen LogP contribution in [0.5, 0.6) is 0 Å². The van der Waals surface area contributed by atoms with Crippen LogP contribution in [0.1, 0.15) is 20.8 Å². The first-order chi connectivity index (χ1) is 10.0. The molecule has 1 nitrogen and oxygen atoms in total. The Morgan fingerprint density at radius 2 is 1.76 bits per heavy atom. The fourth-order valence-corrected chi connectivity index (χ4v) is 3.25. The zero-order chi connectivity index (χ0) is 15.0. The summed E-state index contributed by atoms with van der Waals surface area (Å²) in [6.45, 7) is 1.78. The fraction of sp³-hybridized carbons (Fsp3) is 0.118. The minimum atomic E-state index is -0.311. The first-order valence-electron chi connectivity index (χ1n) is 6.50. The Hall–Kier alpha value is -2.07. The molecule has 21 heavy (non-hydrogen) atoms. The molecule has 0 fully saturated rings. The molecule has 0 radical (unpaired) electrons. The van der Waals surface area contributed by atoms with Crippen LogP contribution in [0.2, 0.25) is 0 Å². The molecule has 0 saturated heterocycles. The lowest BCUT2D eigenvalue weighted by atomic mass is 10.0. The van der Waals surface area contributed by atoms with Crippen molar-refractivity contribution in [2.45, 2.75) is 13.3 Å². The zero-order valence-corrected chi connectivity index (χ0v) is 12.1. The Labute approximate surface area is 124 Å². The summed E-state index contributed by atoms with van der Waals surface area (Å²) in [7, 11) is 0. The summed E-state index contributed by atoms with van der Waals surface area (Å²) in [6.07, 6.45) is 0.224. The van der Waals surface area contributed by atoms with E-state index in [2.05, 4.69) is 0 Å². The third-order valence-electron chi connectivity index (χ3n) is 3.41. The predicted molar refractivity (Wildman–Crippen MR) is 81.0 cm³/mol. The van der Waals surface area contributed by atoms with E-state index in [0.717, 1.165) is 21.2 Å². The number of carbonyl (C=O) groups excluding carboxylic acids is 1. The van der Waals surface area contributed by atoms with Gasteiger partial charge in [-0.15, -0.1) is 11.3 Å². The van der Waals surface area contributed by atoms with Crippen LogP contribution in [0.4, 0.5) is 8.78 Å². The first kappa shape index (κ1) is 13.9. The van der Waals surface area contributed by atoms with Gasteiger partial charge >= 0.3 is 0 Å². The zero-order valence-electron chi connectivity index (χ0n) is 11.3. The number of rotatable bonds is 3. The number of hydrogen-bond acceptors (Lipinski definition) is 2. The van der Waals surface area contributed by atoms with Gasteiger partial charge in [-0.3, -0.25) is 4.79 Å². The van der Waals surface area contributed by atoms with Crippen LogP contribution in [0, 0.1) is 18.6 Å². The van der Waals surface area contributed by atoms with Crippen LogP contribution >= 0.6 is 11.3 Å². The first-order valence-corrected chi connectivity index (χ1v) is 7.32. The van der Waals surface area contributed by atoms with Crippen molar-refractivity contribution in [3.63, 3.8) is 0 Å². The molecule has 0 aliphatic carbocycles. The Morgan fingerprint density at radius 1 is 1.05 bits per heavy atom. The summed E-state index contributed by atoms with van der Waals surface area (Å²) >= 11 is 1.35. The van der Waals surface area contributed by atoms with E-state index in [1.807, 2.05) is 0 Å². The molecule has 0 N–H and O–H groups in total. The quantitative estimate of drug-likeness (QED) is 0.628. The van der Waals surface area contributed by atoms with Gasteiger partial charge in [0.1, 0.15) is 11.6 Å². The summed E-state index contributed by atoms with van der Waals surface area (Å²) in [5.74, 6) is -0.652. The van der Waals surface area contributed by atoms with Gasteiger partial charge in [0, 0.05) is 11.1 Å². The monoisotopic (exact) mass is 302 g/mol. The average molecular weight is 302 g/mol. The summed E-state index contributed by atoms with van der Waals surface area (Å²) < 4.78 is 27.1. The van der Waals surface area contributed by atoms with Crippen LogP contribution in [-0.2, 0) is 6.42 Å². The van der Waals surface area contributed by atoms with E-state index in [-0.39, 0.29) is 23.8 Å². The van der Waals surface area contributed by atoms with E-state index >= 15 is 0 Å². The number of carbonyl (C=O) groups is 1. The molecule has 4 heteroatoms. The smallest absolute Gasteiger partial charge is 0.177 e. The third-order valence-corrected chi connectivity index (χ3v) is 4.57. The topological polar surface area (TPSA) is 17.1 Å². The number of Topliss-reactive ketones (excluding diaryl/α,β-unsaturated/α-hetero) is 1. The fourth-order valence-electron chi connectivity index (χ4n) is 2.27. The molecule has 0 bridgehead atoms. The molecule has 3 rings (SSSR count). The van der Waals surface area contributed by atoms with E-state index in [9.17, 15) is 13.6 Å². The largest absolute Gasteiger partial charge is 0.293 e. The number of thiophene rings is 1. The highest BCUT2D eigenvalue weighted by molar-refractivity contribution is 7.20. The number of hydrogen-bond donors (Lipinski definition) is 0. The molecular formula is C17H12F2OS. The van der Waals surface area contributed by atoms with Gasteiger partial charge < -0.3 is 0 Å². The lowest BCUT2D eigenvalue weighted by Gasteiger charge is -2.04. The van der Waals surface area contributed by atoms with Crippen LogP contribution in [0.15, 0.2) is 42.5 Å². The average Bonchev–Trinajstić information content (AvgIpc) is 2.85. The maximum atomic E-state index is 13.2. The molecule has 106 valence electrons. The Balaban J connectivity index is 1.89. The number of fused-ring (bicyclic) bond motifs is 1. The van der Waals surface area contributed by atoms with Gasteiger partial charge in [-0.25, -0.2) is 8.78 Å². The second-order valence-corrected chi connectivity index (χ2v) is 6.05. The number of aryl methyl sites for hydroxylation is 1. The van der Waals surface area contributed by atoms with Gasteiger partial charge in [0.15, 0.2) is 5.78 Å². The molecule has 0 saturated carbocycles. The lowest BCUT2D eigenvalue weighted by Crippen LogP contribution is -2.03. The van der Waals surface area contributed by atoms with Crippen molar-refractivity contribution in [2.24, 2.45) is 0 Å². The Morgan fingerprint density at radius 3 is 2.52 bits per heavy atom. The summed E-state index contributed by atoms with van der Waals surface area (Å²) in [4.78, 5) is 12.9. The molecule has 0 atom stereocenters. The molecular weight excluding hydrogens is 290 g/mol. The van der Waals surface area contributed by atoms with Crippen LogP contribution < -0.4 is 0 Å². The van der Waals surface area contributed by atoms with Gasteiger partial charge in [0.2, 0.25) is 0 Å². The van der Waals surface area contributed by atoms with E-state index in [0.29, 0.717) is 4.88 Å². The number of benzene rings is 2. The highest BCUT2D eigenvalue weighted by Gasteiger charge is 2.13. The lowest BCUT2D eigenvalue weighted by molar-refractivity contribution is 0.0996. The van der Waals surface area contributed by atoms with E-state index in [1.54, 1.807) is 25.1 Å². The van der Waals surface area contributed by atoms with Gasteiger partial charge in [-0.2, -0.15) is 0 Å². The van der Waals surface area contributed by atoms with Crippen LogP contribution in [0.25, 0.3) is 10.1 Å². The van der Waals surface area contributed by atoms with E-state index < -0.39 is 0 Å². The highest BCUT2D eigenvalue weighted by atomic mass is 32.1. The molecule has 3 aromatic rings. The predicted octanol–water partition coefficient (Wildman–Crippen LogP) is 4.91. The molecule has 0 amide bonds. The van der Waals surface area contributed by atoms with Gasteiger partial charge in [0.05, 0.1) is 4.88 Å². The Kier molecular flexibility index (Phi) is 3.55. The van der Waals surface area contributed by atoms with Crippen molar-refractivity contribution in [1.29, 1.82) is 0 Å². The number of halogens is 2. The van der Waals surface area contributed by atoms with Crippen molar-refractivity contribution in [3.05, 3.63) is 70.1 Å². The molecule has 1 heterocycles. The van der Waals surface area contributed by atoms with Gasteiger partial charge in [-0.1, -0.05) is 6.07 Å². The van der Waals surface area contributed by atoms with Crippen molar-refractivity contribution >= 4 is 27.2 Å². The molecule has 0 aliphatic heterocycles. The molecule has 0 spiro atoms. The minimum Gasteiger partial charge on any atom is -0.293 e. The standard InChI is InChI=1S/C17H12F2OS/c1-10-6-13(18)3-2-11(10)8-15(20)17-9-12-7-14(19)4-5-16(12)21-17/h2-7,9H,8H2,1H3. The summed E-state index contributed by atoms with van der Waals surface area (Å²) in [5.41, 5.74) is 1.57. The highest BCUT2D eigenvalue weighted by Crippen LogP contribution is 2.27. The van der Waals surface area contributed by atoms with Gasteiger partial charge in [0.25, 0.3) is 0 Å². The normalized spacial score (nSPS) is 11.0. The molecule has 0 unspecified atom stereocenters. The minimum absolute atomic E-state index is 0.0358. The second kappa shape index (κ2) is 5.37. The van der Waals surface area contributed by atoms with Crippen molar-refractivity contribution in [3.8, 4) is 0 Å².